The van der Waals surface area contributed by atoms with Gasteiger partial charge in [-0.2, -0.15) is 0 Å². The second kappa shape index (κ2) is 6.34. The molecule has 1 spiro atoms. The van der Waals surface area contributed by atoms with Gasteiger partial charge in [-0.3, -0.25) is 0 Å². The highest BCUT2D eigenvalue weighted by Gasteiger charge is 2.41. The van der Waals surface area contributed by atoms with E-state index in [1.165, 1.54) is 0 Å². The van der Waals surface area contributed by atoms with Crippen LogP contribution in [0.2, 0.25) is 0 Å². The number of para-hydroxylation sites is 1. The van der Waals surface area contributed by atoms with Crippen molar-refractivity contribution in [2.24, 2.45) is 11.7 Å². The molecule has 2 heterocycles. The minimum atomic E-state index is -0.0131. The van der Waals surface area contributed by atoms with Crippen LogP contribution in [0.25, 0.3) is 0 Å². The lowest BCUT2D eigenvalue weighted by Gasteiger charge is -2.44. The van der Waals surface area contributed by atoms with Gasteiger partial charge in [-0.05, 0) is 37.7 Å². The van der Waals surface area contributed by atoms with E-state index < -0.39 is 0 Å². The van der Waals surface area contributed by atoms with E-state index in [9.17, 15) is 0 Å². The summed E-state index contributed by atoms with van der Waals surface area (Å²) < 4.78 is 17.1. The fraction of sp³-hybridized carbons (Fsp3) is 0.647. The first-order chi connectivity index (χ1) is 10.2. The van der Waals surface area contributed by atoms with Crippen molar-refractivity contribution < 1.29 is 14.2 Å². The Bertz CT molecular complexity index is 465. The molecule has 21 heavy (non-hydrogen) atoms. The van der Waals surface area contributed by atoms with Gasteiger partial charge in [0.1, 0.15) is 5.75 Å². The summed E-state index contributed by atoms with van der Waals surface area (Å²) in [6.07, 6.45) is 4.02. The number of methoxy groups -OCH3 is 1. The summed E-state index contributed by atoms with van der Waals surface area (Å²) >= 11 is 0. The maximum absolute atomic E-state index is 6.57. The molecular weight excluding hydrogens is 266 g/mol. The molecule has 4 heteroatoms. The summed E-state index contributed by atoms with van der Waals surface area (Å²) in [5, 5.41) is 0. The van der Waals surface area contributed by atoms with E-state index in [-0.39, 0.29) is 11.6 Å². The zero-order valence-electron chi connectivity index (χ0n) is 12.7. The van der Waals surface area contributed by atoms with Crippen molar-refractivity contribution in [2.45, 2.75) is 37.3 Å². The zero-order chi connectivity index (χ0) is 14.7. The van der Waals surface area contributed by atoms with Gasteiger partial charge in [0.25, 0.3) is 0 Å². The lowest BCUT2D eigenvalue weighted by atomic mass is 9.76. The third-order valence-corrected chi connectivity index (χ3v) is 4.94. The summed E-state index contributed by atoms with van der Waals surface area (Å²) in [5.41, 5.74) is 7.66. The number of hydrogen-bond donors (Lipinski definition) is 1. The Balaban J connectivity index is 1.76. The third-order valence-electron chi connectivity index (χ3n) is 4.94. The number of rotatable bonds is 3. The highest BCUT2D eigenvalue weighted by atomic mass is 16.5. The Labute approximate surface area is 126 Å². The first-order valence-electron chi connectivity index (χ1n) is 7.84. The van der Waals surface area contributed by atoms with Gasteiger partial charge >= 0.3 is 0 Å². The highest BCUT2D eigenvalue weighted by Crippen LogP contribution is 2.42. The van der Waals surface area contributed by atoms with Gasteiger partial charge in [-0.1, -0.05) is 18.2 Å². The Hall–Kier alpha value is -1.10. The molecule has 0 bridgehead atoms. The molecule has 2 unspecified atom stereocenters. The lowest BCUT2D eigenvalue weighted by molar-refractivity contribution is -0.149. The van der Waals surface area contributed by atoms with Crippen molar-refractivity contribution in [1.29, 1.82) is 0 Å². The fourth-order valence-electron chi connectivity index (χ4n) is 3.66. The molecule has 0 aliphatic carbocycles. The van der Waals surface area contributed by atoms with Gasteiger partial charge < -0.3 is 19.9 Å². The first-order valence-corrected chi connectivity index (χ1v) is 7.84. The number of nitrogens with two attached hydrogens (primary N) is 1. The number of benzene rings is 1. The van der Waals surface area contributed by atoms with Gasteiger partial charge in [0.15, 0.2) is 0 Å². The van der Waals surface area contributed by atoms with Gasteiger partial charge in [0, 0.05) is 31.4 Å². The molecule has 2 aliphatic heterocycles. The van der Waals surface area contributed by atoms with Crippen LogP contribution in [0, 0.1) is 5.92 Å². The van der Waals surface area contributed by atoms with Crippen LogP contribution in [-0.2, 0) is 9.47 Å². The molecule has 2 N–H and O–H groups in total. The quantitative estimate of drug-likeness (QED) is 0.930. The molecule has 2 saturated heterocycles. The van der Waals surface area contributed by atoms with E-state index in [0.29, 0.717) is 5.92 Å². The van der Waals surface area contributed by atoms with Crippen molar-refractivity contribution in [3.63, 3.8) is 0 Å². The van der Waals surface area contributed by atoms with Crippen LogP contribution < -0.4 is 10.5 Å². The summed E-state index contributed by atoms with van der Waals surface area (Å²) in [4.78, 5) is 0. The average Bonchev–Trinajstić information content (AvgIpc) is 2.55. The molecule has 4 nitrogen and oxygen atoms in total. The Kier molecular flexibility index (Phi) is 4.48. The molecule has 2 aliphatic rings. The highest BCUT2D eigenvalue weighted by molar-refractivity contribution is 5.36. The van der Waals surface area contributed by atoms with Gasteiger partial charge in [0.05, 0.1) is 12.7 Å². The Morgan fingerprint density at radius 3 is 2.76 bits per heavy atom. The van der Waals surface area contributed by atoms with E-state index in [2.05, 4.69) is 6.07 Å². The van der Waals surface area contributed by atoms with Crippen molar-refractivity contribution >= 4 is 0 Å². The standard InChI is InChI=1S/C17H25NO3/c1-19-15-5-3-2-4-14(15)16(18)13-6-9-21-17(12-13)7-10-20-11-8-17/h2-5,13,16H,6-12,18H2,1H3. The maximum Gasteiger partial charge on any atom is 0.123 e. The van der Waals surface area contributed by atoms with E-state index in [1.54, 1.807) is 7.11 Å². The normalized spacial score (nSPS) is 26.5. The molecule has 0 amide bonds. The van der Waals surface area contributed by atoms with Gasteiger partial charge in [-0.25, -0.2) is 0 Å². The molecule has 2 fully saturated rings. The van der Waals surface area contributed by atoms with E-state index in [0.717, 1.165) is 56.8 Å². The van der Waals surface area contributed by atoms with Crippen molar-refractivity contribution in [1.82, 2.24) is 0 Å². The lowest BCUT2D eigenvalue weighted by Crippen LogP contribution is -2.46. The SMILES string of the molecule is COc1ccccc1C(N)C1CCOC2(CCOCC2)C1. The number of ether oxygens (including phenoxy) is 3. The van der Waals surface area contributed by atoms with Crippen LogP contribution in [0.3, 0.4) is 0 Å². The Morgan fingerprint density at radius 2 is 2.00 bits per heavy atom. The molecule has 2 atom stereocenters. The molecule has 1 aromatic carbocycles. The zero-order valence-corrected chi connectivity index (χ0v) is 12.7. The van der Waals surface area contributed by atoms with Crippen LogP contribution in [-0.4, -0.2) is 32.5 Å². The van der Waals surface area contributed by atoms with E-state index in [1.807, 2.05) is 18.2 Å². The summed E-state index contributed by atoms with van der Waals surface area (Å²) in [6, 6.07) is 8.08. The molecule has 3 rings (SSSR count). The largest absolute Gasteiger partial charge is 0.496 e. The summed E-state index contributed by atoms with van der Waals surface area (Å²) in [6.45, 7) is 2.40. The van der Waals surface area contributed by atoms with Gasteiger partial charge in [0.2, 0.25) is 0 Å². The predicted molar refractivity (Wildman–Crippen MR) is 81.4 cm³/mol. The van der Waals surface area contributed by atoms with E-state index in [4.69, 9.17) is 19.9 Å². The molecule has 1 aromatic rings. The van der Waals surface area contributed by atoms with Crippen LogP contribution in [0.5, 0.6) is 5.75 Å². The molecule has 0 radical (unpaired) electrons. The number of hydrogen-bond acceptors (Lipinski definition) is 4. The summed E-state index contributed by atoms with van der Waals surface area (Å²) in [7, 11) is 1.70. The van der Waals surface area contributed by atoms with Crippen LogP contribution >= 0.6 is 0 Å². The van der Waals surface area contributed by atoms with Crippen LogP contribution in [0.1, 0.15) is 37.3 Å². The maximum atomic E-state index is 6.57. The average molecular weight is 291 g/mol. The molecule has 0 saturated carbocycles. The monoisotopic (exact) mass is 291 g/mol. The minimum absolute atomic E-state index is 0.00442. The topological polar surface area (TPSA) is 53.7 Å². The molecular formula is C17H25NO3. The van der Waals surface area contributed by atoms with Crippen molar-refractivity contribution in [2.75, 3.05) is 26.9 Å². The van der Waals surface area contributed by atoms with Crippen molar-refractivity contribution in [3.05, 3.63) is 29.8 Å². The van der Waals surface area contributed by atoms with Crippen LogP contribution in [0.15, 0.2) is 24.3 Å². The third kappa shape index (κ3) is 3.07. The minimum Gasteiger partial charge on any atom is -0.496 e. The fourth-order valence-corrected chi connectivity index (χ4v) is 3.66. The van der Waals surface area contributed by atoms with Crippen molar-refractivity contribution in [3.8, 4) is 5.75 Å². The second-order valence-corrected chi connectivity index (χ2v) is 6.16. The first kappa shape index (κ1) is 14.8. The summed E-state index contributed by atoms with van der Waals surface area (Å²) in [5.74, 6) is 1.32. The Morgan fingerprint density at radius 1 is 1.24 bits per heavy atom. The predicted octanol–water partition coefficient (Wildman–Crippen LogP) is 2.67. The molecule has 0 aromatic heterocycles. The van der Waals surface area contributed by atoms with Crippen LogP contribution in [0.4, 0.5) is 0 Å². The smallest absolute Gasteiger partial charge is 0.123 e. The molecule has 116 valence electrons. The van der Waals surface area contributed by atoms with E-state index >= 15 is 0 Å². The second-order valence-electron chi connectivity index (χ2n) is 6.16. The van der Waals surface area contributed by atoms with Gasteiger partial charge in [-0.15, -0.1) is 0 Å².